The van der Waals surface area contributed by atoms with Gasteiger partial charge in [-0.05, 0) is 15.9 Å². The monoisotopic (exact) mass is 222 g/mol. The van der Waals surface area contributed by atoms with E-state index < -0.39 is 0 Å². The molecule has 0 aliphatic carbocycles. The average Bonchev–Trinajstić information content (AvgIpc) is 2.34. The quantitative estimate of drug-likeness (QED) is 0.569. The van der Waals surface area contributed by atoms with E-state index in [1.54, 1.807) is 6.07 Å². The minimum Gasteiger partial charge on any atom is -0.460 e. The highest BCUT2D eigenvalue weighted by Crippen LogP contribution is 2.14. The summed E-state index contributed by atoms with van der Waals surface area (Å²) in [5.74, 6) is 0.0502. The molecule has 1 aromatic heterocycles. The lowest BCUT2D eigenvalue weighted by molar-refractivity contribution is 0.0990. The third-order valence-electron chi connectivity index (χ3n) is 0.964. The van der Waals surface area contributed by atoms with E-state index in [1.807, 2.05) is 0 Å². The van der Waals surface area contributed by atoms with Crippen LogP contribution >= 0.6 is 27.5 Å². The second-order valence-corrected chi connectivity index (χ2v) is 2.87. The van der Waals surface area contributed by atoms with Crippen molar-refractivity contribution in [1.82, 2.24) is 0 Å². The van der Waals surface area contributed by atoms with E-state index in [-0.39, 0.29) is 11.7 Å². The Hall–Kier alpha value is -0.280. The molecule has 54 valence electrons. The molecule has 0 saturated carbocycles. The van der Waals surface area contributed by atoms with Gasteiger partial charge in [-0.15, -0.1) is 11.6 Å². The number of halogens is 2. The van der Waals surface area contributed by atoms with Gasteiger partial charge in [0.2, 0.25) is 5.78 Å². The lowest BCUT2D eigenvalue weighted by Crippen LogP contribution is -1.96. The van der Waals surface area contributed by atoms with Crippen molar-refractivity contribution in [3.63, 3.8) is 0 Å². The van der Waals surface area contributed by atoms with Crippen LogP contribution in [-0.4, -0.2) is 11.7 Å². The van der Waals surface area contributed by atoms with Gasteiger partial charge in [-0.25, -0.2) is 0 Å². The molecule has 0 aromatic carbocycles. The lowest BCUT2D eigenvalue weighted by atomic mass is 10.3. The maximum Gasteiger partial charge on any atom is 0.212 e. The molecule has 0 spiro atoms. The fourth-order valence-corrected chi connectivity index (χ4v) is 0.958. The Morgan fingerprint density at radius 1 is 1.80 bits per heavy atom. The summed E-state index contributed by atoms with van der Waals surface area (Å²) in [6.07, 6.45) is 1.44. The molecule has 0 amide bonds. The van der Waals surface area contributed by atoms with Gasteiger partial charge in [-0.3, -0.25) is 4.79 Å². The summed E-state index contributed by atoms with van der Waals surface area (Å²) >= 11 is 8.41. The first-order valence-electron chi connectivity index (χ1n) is 2.57. The number of ketones is 1. The first-order chi connectivity index (χ1) is 4.74. The number of carbonyl (C=O) groups is 1. The molecule has 0 aliphatic rings. The average molecular weight is 223 g/mol. The summed E-state index contributed by atoms with van der Waals surface area (Å²) in [6, 6.07) is 1.59. The Bertz CT molecular complexity index is 244. The van der Waals surface area contributed by atoms with Crippen molar-refractivity contribution >= 4 is 33.3 Å². The number of carbonyl (C=O) groups excluding carboxylic acids is 1. The van der Waals surface area contributed by atoms with Crippen LogP contribution in [0.5, 0.6) is 0 Å². The molecular formula is C6H4BrClO2. The summed E-state index contributed by atoms with van der Waals surface area (Å²) in [4.78, 5) is 10.8. The molecule has 0 N–H and O–H groups in total. The largest absolute Gasteiger partial charge is 0.460 e. The van der Waals surface area contributed by atoms with Crippen LogP contribution in [0.2, 0.25) is 0 Å². The van der Waals surface area contributed by atoms with Crippen molar-refractivity contribution in [1.29, 1.82) is 0 Å². The molecule has 0 bridgehead atoms. The molecule has 0 fully saturated rings. The lowest BCUT2D eigenvalue weighted by Gasteiger charge is -1.84. The van der Waals surface area contributed by atoms with Gasteiger partial charge in [0, 0.05) is 6.07 Å². The number of hydrogen-bond acceptors (Lipinski definition) is 2. The number of Topliss-reactive ketones (excluding diaryl/α,β-unsaturated/α-hetero) is 1. The molecule has 0 atom stereocenters. The SMILES string of the molecule is O=C(CCl)c1cc(Br)co1. The predicted molar refractivity (Wildman–Crippen MR) is 41.5 cm³/mol. The smallest absolute Gasteiger partial charge is 0.212 e. The summed E-state index contributed by atoms with van der Waals surface area (Å²) in [7, 11) is 0. The van der Waals surface area contributed by atoms with Gasteiger partial charge in [-0.1, -0.05) is 0 Å². The standard InChI is InChI=1S/C6H4BrClO2/c7-4-1-6(10-3-4)5(9)2-8/h1,3H,2H2. The Morgan fingerprint density at radius 3 is 2.90 bits per heavy atom. The molecule has 1 aromatic rings. The predicted octanol–water partition coefficient (Wildman–Crippen LogP) is 2.46. The van der Waals surface area contributed by atoms with Crippen molar-refractivity contribution < 1.29 is 9.21 Å². The highest BCUT2D eigenvalue weighted by Gasteiger charge is 2.07. The molecule has 2 nitrogen and oxygen atoms in total. The minimum absolute atomic E-state index is 0.0417. The Balaban J connectivity index is 2.85. The number of alkyl halides is 1. The van der Waals surface area contributed by atoms with Crippen LogP contribution in [0.25, 0.3) is 0 Å². The molecule has 0 saturated heterocycles. The third kappa shape index (κ3) is 1.61. The summed E-state index contributed by atoms with van der Waals surface area (Å²) < 4.78 is 5.59. The first-order valence-corrected chi connectivity index (χ1v) is 3.90. The van der Waals surface area contributed by atoms with E-state index in [0.29, 0.717) is 5.76 Å². The van der Waals surface area contributed by atoms with Crippen LogP contribution in [0.3, 0.4) is 0 Å². The molecule has 0 radical (unpaired) electrons. The van der Waals surface area contributed by atoms with E-state index >= 15 is 0 Å². The molecule has 1 heterocycles. The van der Waals surface area contributed by atoms with Crippen molar-refractivity contribution in [3.8, 4) is 0 Å². The summed E-state index contributed by atoms with van der Waals surface area (Å²) in [5, 5.41) is 0. The molecule has 1 rings (SSSR count). The van der Waals surface area contributed by atoms with Crippen LogP contribution < -0.4 is 0 Å². The number of rotatable bonds is 2. The minimum atomic E-state index is -0.202. The van der Waals surface area contributed by atoms with Crippen LogP contribution in [0.4, 0.5) is 0 Å². The van der Waals surface area contributed by atoms with Gasteiger partial charge < -0.3 is 4.42 Å². The molecular weight excluding hydrogens is 219 g/mol. The summed E-state index contributed by atoms with van der Waals surface area (Å²) in [6.45, 7) is 0. The van der Waals surface area contributed by atoms with Gasteiger partial charge >= 0.3 is 0 Å². The Morgan fingerprint density at radius 2 is 2.50 bits per heavy atom. The maximum absolute atomic E-state index is 10.8. The van der Waals surface area contributed by atoms with Crippen molar-refractivity contribution in [2.24, 2.45) is 0 Å². The van der Waals surface area contributed by atoms with Crippen molar-refractivity contribution in [2.45, 2.75) is 0 Å². The molecule has 0 aliphatic heterocycles. The fourth-order valence-electron chi connectivity index (χ4n) is 0.525. The maximum atomic E-state index is 10.8. The van der Waals surface area contributed by atoms with Gasteiger partial charge in [0.25, 0.3) is 0 Å². The molecule has 10 heavy (non-hydrogen) atoms. The second-order valence-electron chi connectivity index (χ2n) is 1.69. The van der Waals surface area contributed by atoms with E-state index in [4.69, 9.17) is 16.0 Å². The van der Waals surface area contributed by atoms with Crippen molar-refractivity contribution in [3.05, 3.63) is 22.6 Å². The first kappa shape index (κ1) is 7.82. The Labute approximate surface area is 71.3 Å². The van der Waals surface area contributed by atoms with Gasteiger partial charge in [0.05, 0.1) is 10.4 Å². The van der Waals surface area contributed by atoms with Gasteiger partial charge in [-0.2, -0.15) is 0 Å². The number of furan rings is 1. The van der Waals surface area contributed by atoms with E-state index in [0.717, 1.165) is 4.47 Å². The highest BCUT2D eigenvalue weighted by atomic mass is 79.9. The van der Waals surface area contributed by atoms with Crippen molar-refractivity contribution in [2.75, 3.05) is 5.88 Å². The normalized spacial score (nSPS) is 9.80. The molecule has 4 heteroatoms. The van der Waals surface area contributed by atoms with Crippen LogP contribution in [-0.2, 0) is 0 Å². The zero-order chi connectivity index (χ0) is 7.56. The second kappa shape index (κ2) is 3.21. The van der Waals surface area contributed by atoms with E-state index in [9.17, 15) is 4.79 Å². The van der Waals surface area contributed by atoms with Gasteiger partial charge in [0.1, 0.15) is 6.26 Å². The highest BCUT2D eigenvalue weighted by molar-refractivity contribution is 9.10. The van der Waals surface area contributed by atoms with Crippen LogP contribution in [0.15, 0.2) is 21.2 Å². The topological polar surface area (TPSA) is 30.2 Å². The van der Waals surface area contributed by atoms with E-state index in [2.05, 4.69) is 15.9 Å². The fraction of sp³-hybridized carbons (Fsp3) is 0.167. The summed E-state index contributed by atoms with van der Waals surface area (Å²) in [5.41, 5.74) is 0. The van der Waals surface area contributed by atoms with Crippen LogP contribution in [0.1, 0.15) is 10.6 Å². The zero-order valence-corrected chi connectivity index (χ0v) is 7.28. The Kier molecular flexibility index (Phi) is 2.51. The third-order valence-corrected chi connectivity index (χ3v) is 1.62. The zero-order valence-electron chi connectivity index (χ0n) is 4.93. The number of hydrogen-bond donors (Lipinski definition) is 0. The molecule has 0 unspecified atom stereocenters. The van der Waals surface area contributed by atoms with E-state index in [1.165, 1.54) is 6.26 Å². The van der Waals surface area contributed by atoms with Crippen LogP contribution in [0, 0.1) is 0 Å². The van der Waals surface area contributed by atoms with Gasteiger partial charge in [0.15, 0.2) is 5.76 Å².